The number of allylic oxidation sites excluding steroid dienone is 2. The van der Waals surface area contributed by atoms with Crippen molar-refractivity contribution in [3.05, 3.63) is 76.7 Å². The monoisotopic (exact) mass is 518 g/mol. The van der Waals surface area contributed by atoms with Crippen LogP contribution in [0.5, 0.6) is 5.75 Å². The zero-order valence-electron chi connectivity index (χ0n) is 19.9. The van der Waals surface area contributed by atoms with Crippen LogP contribution in [0, 0.1) is 0 Å². The lowest BCUT2D eigenvalue weighted by Gasteiger charge is -2.10. The van der Waals surface area contributed by atoms with Crippen LogP contribution in [0.2, 0.25) is 0 Å². The molecule has 0 radical (unpaired) electrons. The molecule has 1 unspecified atom stereocenters. The van der Waals surface area contributed by atoms with Crippen LogP contribution in [0.25, 0.3) is 0 Å². The molecule has 5 rings (SSSR count). The topological polar surface area (TPSA) is 92.2 Å². The van der Waals surface area contributed by atoms with Gasteiger partial charge in [-0.1, -0.05) is 18.7 Å². The second kappa shape index (κ2) is 10.8. The molecule has 9 heteroatoms. The lowest BCUT2D eigenvalue weighted by molar-refractivity contribution is -0.113. The van der Waals surface area contributed by atoms with Crippen LogP contribution in [0.1, 0.15) is 33.3 Å². The molecule has 3 aliphatic rings. The SMILES string of the molecule is C=CC(=Nc1cc(C(=O)C2=CCCS2)ccc1NC)NC(=O)C1=NC(c2ccc3c(c2)CCO3)SC1. The fourth-order valence-corrected chi connectivity index (χ4v) is 6.17. The molecular weight excluding hydrogens is 492 g/mol. The maximum Gasteiger partial charge on any atom is 0.271 e. The molecule has 2 aromatic carbocycles. The highest BCUT2D eigenvalue weighted by molar-refractivity contribution is 8.04. The Balaban J connectivity index is 1.33. The number of amidine groups is 1. The number of nitrogens with one attached hydrogen (secondary N) is 2. The molecule has 3 heterocycles. The van der Waals surface area contributed by atoms with Gasteiger partial charge in [-0.05, 0) is 54.0 Å². The van der Waals surface area contributed by atoms with Gasteiger partial charge in [0.1, 0.15) is 22.7 Å². The summed E-state index contributed by atoms with van der Waals surface area (Å²) in [5.74, 6) is 2.34. The minimum absolute atomic E-state index is 0.0118. The van der Waals surface area contributed by atoms with Gasteiger partial charge in [-0.25, -0.2) is 4.99 Å². The van der Waals surface area contributed by atoms with E-state index in [1.165, 1.54) is 11.6 Å². The number of aliphatic imine (C=N–C) groups is 2. The third-order valence-corrected chi connectivity index (χ3v) is 8.28. The summed E-state index contributed by atoms with van der Waals surface area (Å²) in [6.45, 7) is 4.52. The third kappa shape index (κ3) is 5.12. The number of fused-ring (bicyclic) bond motifs is 1. The molecule has 1 atom stereocenters. The summed E-state index contributed by atoms with van der Waals surface area (Å²) in [5, 5.41) is 5.79. The smallest absolute Gasteiger partial charge is 0.271 e. The molecule has 0 aromatic heterocycles. The van der Waals surface area contributed by atoms with E-state index in [9.17, 15) is 9.59 Å². The first-order chi connectivity index (χ1) is 17.6. The van der Waals surface area contributed by atoms with Gasteiger partial charge >= 0.3 is 0 Å². The second-order valence-corrected chi connectivity index (χ2v) is 10.6. The molecule has 1 amide bonds. The van der Waals surface area contributed by atoms with Crippen molar-refractivity contribution < 1.29 is 14.3 Å². The predicted molar refractivity (Wildman–Crippen MR) is 149 cm³/mol. The van der Waals surface area contributed by atoms with Crippen molar-refractivity contribution >= 4 is 58.1 Å². The molecule has 184 valence electrons. The first-order valence-electron chi connectivity index (χ1n) is 11.7. The fraction of sp³-hybridized carbons (Fsp3) is 0.259. The van der Waals surface area contributed by atoms with Gasteiger partial charge in [0.05, 0.1) is 22.9 Å². The molecular formula is C27H26N4O3S2. The van der Waals surface area contributed by atoms with E-state index in [0.29, 0.717) is 35.2 Å². The number of ether oxygens (including phenoxy) is 1. The maximum absolute atomic E-state index is 13.0. The van der Waals surface area contributed by atoms with Gasteiger partial charge in [-0.3, -0.25) is 14.6 Å². The standard InChI is InChI=1S/C27H26N4O3S2/c1-3-24(29-20-14-17(6-8-19(20)28-2)25(32)23-5-4-12-35-23)31-26(33)21-15-36-27(30-21)18-7-9-22-16(13-18)10-11-34-22/h3,5-9,13-14,27-28H,1,4,10-12,15H2,2H3,(H,29,31,33). The van der Waals surface area contributed by atoms with Crippen LogP contribution < -0.4 is 15.4 Å². The number of carbonyl (C=O) groups excluding carboxylic acids is 2. The van der Waals surface area contributed by atoms with E-state index in [0.717, 1.165) is 40.5 Å². The second-order valence-electron chi connectivity index (χ2n) is 8.38. The minimum Gasteiger partial charge on any atom is -0.493 e. The summed E-state index contributed by atoms with van der Waals surface area (Å²) in [5.41, 5.74) is 4.55. The molecule has 0 spiro atoms. The van der Waals surface area contributed by atoms with Crippen molar-refractivity contribution in [1.82, 2.24) is 5.32 Å². The van der Waals surface area contributed by atoms with Gasteiger partial charge in [0.15, 0.2) is 5.78 Å². The van der Waals surface area contributed by atoms with Crippen molar-refractivity contribution in [2.75, 3.05) is 30.5 Å². The molecule has 0 aliphatic carbocycles. The third-order valence-electron chi connectivity index (χ3n) is 6.05. The Hall–Kier alpha value is -3.30. The first-order valence-corrected chi connectivity index (χ1v) is 13.7. The lowest BCUT2D eigenvalue weighted by Crippen LogP contribution is -2.35. The molecule has 0 saturated carbocycles. The number of hydrogen-bond donors (Lipinski definition) is 2. The zero-order chi connectivity index (χ0) is 25.1. The summed E-state index contributed by atoms with van der Waals surface area (Å²) in [6, 6.07) is 11.5. The first kappa shape index (κ1) is 24.4. The average Bonchev–Trinajstić information content (AvgIpc) is 3.68. The highest BCUT2D eigenvalue weighted by atomic mass is 32.2. The van der Waals surface area contributed by atoms with E-state index in [1.54, 1.807) is 42.7 Å². The summed E-state index contributed by atoms with van der Waals surface area (Å²) in [6.07, 6.45) is 5.26. The maximum atomic E-state index is 13.0. The Morgan fingerprint density at radius 2 is 2.14 bits per heavy atom. The van der Waals surface area contributed by atoms with Gasteiger partial charge in [-0.2, -0.15) is 0 Å². The number of amides is 1. The van der Waals surface area contributed by atoms with E-state index in [1.807, 2.05) is 24.3 Å². The Morgan fingerprint density at radius 3 is 2.92 bits per heavy atom. The summed E-state index contributed by atoms with van der Waals surface area (Å²) >= 11 is 3.19. The lowest BCUT2D eigenvalue weighted by atomic mass is 10.1. The molecule has 0 fully saturated rings. The van der Waals surface area contributed by atoms with E-state index in [-0.39, 0.29) is 17.1 Å². The largest absolute Gasteiger partial charge is 0.493 e. The number of nitrogens with zero attached hydrogens (tertiary/aromatic N) is 2. The highest BCUT2D eigenvalue weighted by Gasteiger charge is 2.26. The average molecular weight is 519 g/mol. The van der Waals surface area contributed by atoms with Crippen molar-refractivity contribution in [1.29, 1.82) is 0 Å². The number of Topliss-reactive ketones (excluding diaryl/α,β-unsaturated/α-hetero) is 1. The molecule has 2 aromatic rings. The molecule has 3 aliphatic heterocycles. The van der Waals surface area contributed by atoms with Crippen molar-refractivity contribution in [2.24, 2.45) is 9.98 Å². The number of carbonyl (C=O) groups is 2. The van der Waals surface area contributed by atoms with Gasteiger partial charge in [0, 0.05) is 30.5 Å². The van der Waals surface area contributed by atoms with Gasteiger partial charge in [0.2, 0.25) is 0 Å². The van der Waals surface area contributed by atoms with E-state index < -0.39 is 0 Å². The van der Waals surface area contributed by atoms with E-state index >= 15 is 0 Å². The number of anilines is 1. The van der Waals surface area contributed by atoms with Crippen molar-refractivity contribution in [3.63, 3.8) is 0 Å². The number of ketones is 1. The predicted octanol–water partition coefficient (Wildman–Crippen LogP) is 5.09. The molecule has 2 N–H and O–H groups in total. The van der Waals surface area contributed by atoms with Gasteiger partial charge in [-0.15, -0.1) is 23.5 Å². The van der Waals surface area contributed by atoms with Crippen molar-refractivity contribution in [2.45, 2.75) is 18.2 Å². The van der Waals surface area contributed by atoms with Crippen LogP contribution in [-0.2, 0) is 11.2 Å². The van der Waals surface area contributed by atoms with Crippen LogP contribution in [0.15, 0.2) is 70.0 Å². The quantitative estimate of drug-likeness (QED) is 0.302. The van der Waals surface area contributed by atoms with Crippen LogP contribution in [-0.4, -0.2) is 48.4 Å². The minimum atomic E-state index is -0.307. The Morgan fingerprint density at radius 1 is 1.25 bits per heavy atom. The van der Waals surface area contributed by atoms with Crippen LogP contribution in [0.4, 0.5) is 11.4 Å². The summed E-state index contributed by atoms with van der Waals surface area (Å²) in [7, 11) is 1.78. The number of rotatable bonds is 7. The fourth-order valence-electron chi connectivity index (χ4n) is 4.17. The Labute approximate surface area is 218 Å². The molecule has 0 saturated heterocycles. The highest BCUT2D eigenvalue weighted by Crippen LogP contribution is 2.38. The van der Waals surface area contributed by atoms with Gasteiger partial charge < -0.3 is 15.4 Å². The Kier molecular flexibility index (Phi) is 7.29. The number of thioether (sulfide) groups is 2. The summed E-state index contributed by atoms with van der Waals surface area (Å²) < 4.78 is 5.59. The van der Waals surface area contributed by atoms with E-state index in [4.69, 9.17) is 4.74 Å². The number of benzene rings is 2. The number of hydrogen-bond acceptors (Lipinski definition) is 8. The Bertz CT molecular complexity index is 1330. The molecule has 36 heavy (non-hydrogen) atoms. The van der Waals surface area contributed by atoms with Crippen molar-refractivity contribution in [3.8, 4) is 5.75 Å². The van der Waals surface area contributed by atoms with Crippen LogP contribution >= 0.6 is 23.5 Å². The molecule has 7 nitrogen and oxygen atoms in total. The van der Waals surface area contributed by atoms with E-state index in [2.05, 4.69) is 33.3 Å². The zero-order valence-corrected chi connectivity index (χ0v) is 21.5. The van der Waals surface area contributed by atoms with Crippen LogP contribution in [0.3, 0.4) is 0 Å². The normalized spacial score (nSPS) is 18.7. The molecule has 0 bridgehead atoms. The van der Waals surface area contributed by atoms with Gasteiger partial charge in [0.25, 0.3) is 5.91 Å². The summed E-state index contributed by atoms with van der Waals surface area (Å²) in [4.78, 5) is 35.9.